The monoisotopic (exact) mass is 359 g/mol. The summed E-state index contributed by atoms with van der Waals surface area (Å²) in [6.45, 7) is 3.40. The summed E-state index contributed by atoms with van der Waals surface area (Å²) in [6.07, 6.45) is 0. The van der Waals surface area contributed by atoms with Crippen LogP contribution in [0.4, 0.5) is 14.5 Å². The number of amides is 1. The Morgan fingerprint density at radius 3 is 2.38 bits per heavy atom. The Kier molecular flexibility index (Phi) is 5.52. The average molecular weight is 359 g/mol. The zero-order chi connectivity index (χ0) is 18.7. The zero-order valence-electron chi connectivity index (χ0n) is 15.1. The Morgan fingerprint density at radius 2 is 1.73 bits per heavy atom. The molecule has 0 bridgehead atoms. The van der Waals surface area contributed by atoms with Gasteiger partial charge in [0.15, 0.2) is 11.6 Å². The van der Waals surface area contributed by atoms with Gasteiger partial charge in [0.1, 0.15) is 0 Å². The highest BCUT2D eigenvalue weighted by Crippen LogP contribution is 2.20. The fraction of sp³-hybridized carbons (Fsp3) is 0.350. The molecule has 0 atom stereocenters. The van der Waals surface area contributed by atoms with E-state index in [4.69, 9.17) is 0 Å². The summed E-state index contributed by atoms with van der Waals surface area (Å²) < 4.78 is 26.4. The molecule has 138 valence electrons. The predicted octanol–water partition coefficient (Wildman–Crippen LogP) is 2.99. The largest absolute Gasteiger partial charge is 0.368 e. The highest BCUT2D eigenvalue weighted by molar-refractivity contribution is 5.94. The second-order valence-electron chi connectivity index (χ2n) is 6.82. The van der Waals surface area contributed by atoms with Gasteiger partial charge in [-0.05, 0) is 50.0 Å². The van der Waals surface area contributed by atoms with Crippen molar-refractivity contribution >= 4 is 11.6 Å². The summed E-state index contributed by atoms with van der Waals surface area (Å²) in [7, 11) is 4.07. The van der Waals surface area contributed by atoms with Crippen LogP contribution in [0.1, 0.15) is 15.9 Å². The van der Waals surface area contributed by atoms with Crippen LogP contribution in [0.15, 0.2) is 42.5 Å². The molecule has 0 saturated carbocycles. The molecular formula is C20H23F2N3O. The van der Waals surface area contributed by atoms with Gasteiger partial charge in [0.05, 0.1) is 0 Å². The molecule has 0 radical (unpaired) electrons. The molecule has 26 heavy (non-hydrogen) atoms. The molecule has 0 N–H and O–H groups in total. The van der Waals surface area contributed by atoms with Crippen molar-refractivity contribution in [1.29, 1.82) is 0 Å². The van der Waals surface area contributed by atoms with Crippen molar-refractivity contribution in [1.82, 2.24) is 9.80 Å². The maximum atomic E-state index is 13.4. The van der Waals surface area contributed by atoms with E-state index >= 15 is 0 Å². The number of anilines is 1. The number of piperazine rings is 1. The predicted molar refractivity (Wildman–Crippen MR) is 98.3 cm³/mol. The SMILES string of the molecule is CN(C)Cc1cccc(N2CCN(C(=O)c3ccc(F)c(F)c3)CC2)c1. The normalized spacial score (nSPS) is 14.8. The first-order valence-corrected chi connectivity index (χ1v) is 8.67. The number of rotatable bonds is 4. The third kappa shape index (κ3) is 4.19. The number of hydrogen-bond acceptors (Lipinski definition) is 3. The molecular weight excluding hydrogens is 336 g/mol. The Hall–Kier alpha value is -2.47. The van der Waals surface area contributed by atoms with Crippen LogP contribution in [0, 0.1) is 11.6 Å². The molecule has 1 aliphatic rings. The van der Waals surface area contributed by atoms with Gasteiger partial charge in [0.2, 0.25) is 0 Å². The maximum Gasteiger partial charge on any atom is 0.254 e. The molecule has 2 aromatic rings. The van der Waals surface area contributed by atoms with Crippen LogP contribution in [-0.4, -0.2) is 56.0 Å². The van der Waals surface area contributed by atoms with Crippen LogP contribution in [0.5, 0.6) is 0 Å². The van der Waals surface area contributed by atoms with Crippen LogP contribution < -0.4 is 4.90 Å². The van der Waals surface area contributed by atoms with E-state index in [0.29, 0.717) is 26.2 Å². The lowest BCUT2D eigenvalue weighted by atomic mass is 10.1. The first-order chi connectivity index (χ1) is 12.4. The van der Waals surface area contributed by atoms with Crippen molar-refractivity contribution in [2.24, 2.45) is 0 Å². The van der Waals surface area contributed by atoms with Gasteiger partial charge in [-0.15, -0.1) is 0 Å². The molecule has 0 spiro atoms. The van der Waals surface area contributed by atoms with Crippen LogP contribution in [0.25, 0.3) is 0 Å². The van der Waals surface area contributed by atoms with Crippen LogP contribution in [0.3, 0.4) is 0 Å². The number of carbonyl (C=O) groups excluding carboxylic acids is 1. The maximum absolute atomic E-state index is 13.4. The number of benzene rings is 2. The second-order valence-corrected chi connectivity index (χ2v) is 6.82. The number of halogens is 2. The minimum Gasteiger partial charge on any atom is -0.368 e. The summed E-state index contributed by atoms with van der Waals surface area (Å²) in [5.41, 5.74) is 2.57. The summed E-state index contributed by atoms with van der Waals surface area (Å²) in [5, 5.41) is 0. The van der Waals surface area contributed by atoms with E-state index in [1.165, 1.54) is 11.6 Å². The van der Waals surface area contributed by atoms with E-state index in [1.807, 2.05) is 20.2 Å². The van der Waals surface area contributed by atoms with Gasteiger partial charge < -0.3 is 14.7 Å². The highest BCUT2D eigenvalue weighted by atomic mass is 19.2. The third-order valence-electron chi connectivity index (χ3n) is 4.51. The molecule has 1 saturated heterocycles. The van der Waals surface area contributed by atoms with Crippen molar-refractivity contribution in [2.45, 2.75) is 6.54 Å². The topological polar surface area (TPSA) is 26.8 Å². The number of carbonyl (C=O) groups is 1. The molecule has 0 unspecified atom stereocenters. The van der Waals surface area contributed by atoms with Gasteiger partial charge >= 0.3 is 0 Å². The Labute approximate surface area is 152 Å². The molecule has 1 amide bonds. The number of nitrogens with zero attached hydrogens (tertiary/aromatic N) is 3. The fourth-order valence-corrected chi connectivity index (χ4v) is 3.20. The fourth-order valence-electron chi connectivity index (χ4n) is 3.20. The Balaban J connectivity index is 1.63. The van der Waals surface area contributed by atoms with Crippen molar-refractivity contribution in [3.8, 4) is 0 Å². The van der Waals surface area contributed by atoms with Gasteiger partial charge in [-0.2, -0.15) is 0 Å². The van der Waals surface area contributed by atoms with Crippen LogP contribution in [-0.2, 0) is 6.54 Å². The summed E-state index contributed by atoms with van der Waals surface area (Å²) in [6, 6.07) is 11.7. The van der Waals surface area contributed by atoms with E-state index in [1.54, 1.807) is 4.90 Å². The molecule has 0 aromatic heterocycles. The third-order valence-corrected chi connectivity index (χ3v) is 4.51. The average Bonchev–Trinajstić information content (AvgIpc) is 2.63. The molecule has 1 heterocycles. The van der Waals surface area contributed by atoms with Gasteiger partial charge in [-0.1, -0.05) is 12.1 Å². The van der Waals surface area contributed by atoms with Gasteiger partial charge in [0, 0.05) is 44.0 Å². The zero-order valence-corrected chi connectivity index (χ0v) is 15.1. The Morgan fingerprint density at radius 1 is 1.00 bits per heavy atom. The van der Waals surface area contributed by atoms with E-state index in [0.717, 1.165) is 24.4 Å². The van der Waals surface area contributed by atoms with E-state index in [-0.39, 0.29) is 11.5 Å². The van der Waals surface area contributed by atoms with E-state index in [2.05, 4.69) is 28.0 Å². The lowest BCUT2D eigenvalue weighted by Gasteiger charge is -2.36. The lowest BCUT2D eigenvalue weighted by Crippen LogP contribution is -2.48. The van der Waals surface area contributed by atoms with Gasteiger partial charge in [-0.3, -0.25) is 4.79 Å². The minimum absolute atomic E-state index is 0.185. The van der Waals surface area contributed by atoms with Crippen molar-refractivity contribution in [3.63, 3.8) is 0 Å². The van der Waals surface area contributed by atoms with E-state index in [9.17, 15) is 13.6 Å². The van der Waals surface area contributed by atoms with Crippen molar-refractivity contribution in [3.05, 3.63) is 65.2 Å². The van der Waals surface area contributed by atoms with E-state index < -0.39 is 11.6 Å². The highest BCUT2D eigenvalue weighted by Gasteiger charge is 2.23. The second kappa shape index (κ2) is 7.83. The summed E-state index contributed by atoms with van der Waals surface area (Å²) >= 11 is 0. The van der Waals surface area contributed by atoms with Crippen molar-refractivity contribution in [2.75, 3.05) is 45.2 Å². The molecule has 3 rings (SSSR count). The first kappa shape index (κ1) is 18.3. The molecule has 2 aromatic carbocycles. The quantitative estimate of drug-likeness (QED) is 0.840. The summed E-state index contributed by atoms with van der Waals surface area (Å²) in [5.74, 6) is -2.19. The summed E-state index contributed by atoms with van der Waals surface area (Å²) in [4.78, 5) is 18.5. The smallest absolute Gasteiger partial charge is 0.254 e. The molecule has 6 heteroatoms. The standard InChI is InChI=1S/C20H23F2N3O/c1-23(2)14-15-4-3-5-17(12-15)24-8-10-25(11-9-24)20(26)16-6-7-18(21)19(22)13-16/h3-7,12-13H,8-11,14H2,1-2H3. The molecule has 1 fully saturated rings. The Bertz CT molecular complexity index is 786. The van der Waals surface area contributed by atoms with Gasteiger partial charge in [-0.25, -0.2) is 8.78 Å². The lowest BCUT2D eigenvalue weighted by molar-refractivity contribution is 0.0746. The molecule has 1 aliphatic heterocycles. The first-order valence-electron chi connectivity index (χ1n) is 8.67. The number of hydrogen-bond donors (Lipinski definition) is 0. The van der Waals surface area contributed by atoms with Crippen molar-refractivity contribution < 1.29 is 13.6 Å². The minimum atomic E-state index is -0.993. The van der Waals surface area contributed by atoms with Crippen LogP contribution in [0.2, 0.25) is 0 Å². The van der Waals surface area contributed by atoms with Gasteiger partial charge in [0.25, 0.3) is 5.91 Å². The van der Waals surface area contributed by atoms with Crippen LogP contribution >= 0.6 is 0 Å². The molecule has 4 nitrogen and oxygen atoms in total. The molecule has 0 aliphatic carbocycles.